The third-order valence-corrected chi connectivity index (χ3v) is 9.95. The molecule has 1 N–H and O–H groups in total. The second-order valence-corrected chi connectivity index (χ2v) is 14.6. The third-order valence-electron chi connectivity index (χ3n) is 9.95. The summed E-state index contributed by atoms with van der Waals surface area (Å²) in [6, 6.07) is 26.0. The molecule has 3 heterocycles. The number of para-hydroxylation sites is 2. The van der Waals surface area contributed by atoms with Crippen LogP contribution in [0.1, 0.15) is 75.4 Å². The monoisotopic (exact) mass is 624 g/mol. The normalized spacial score (nSPS) is 20.8. The van der Waals surface area contributed by atoms with E-state index in [4.69, 9.17) is 4.74 Å². The number of aliphatic hydroxyl groups is 1. The van der Waals surface area contributed by atoms with Gasteiger partial charge in [0.25, 0.3) is 0 Å². The molecule has 3 aromatic rings. The summed E-state index contributed by atoms with van der Waals surface area (Å²) in [5.41, 5.74) is 3.45. The summed E-state index contributed by atoms with van der Waals surface area (Å²) in [6.07, 6.45) is 1.93. The van der Waals surface area contributed by atoms with Gasteiger partial charge >= 0.3 is 5.97 Å². The fourth-order valence-electron chi connectivity index (χ4n) is 7.41. The zero-order valence-corrected chi connectivity index (χ0v) is 27.9. The SMILES string of the molecule is CC(C)(C)OC(=O)c1ccc(CN2CN(c3ccccc3)C3(CCN(CCCN4c5ccccc5C(C)(C)C4O)CC3)C2=O)cc1. The number of piperidine rings is 1. The molecule has 1 atom stereocenters. The first kappa shape index (κ1) is 32.1. The van der Waals surface area contributed by atoms with E-state index in [-0.39, 0.29) is 17.3 Å². The van der Waals surface area contributed by atoms with E-state index >= 15 is 0 Å². The Labute approximate surface area is 273 Å². The van der Waals surface area contributed by atoms with Crippen molar-refractivity contribution in [2.75, 3.05) is 42.6 Å². The highest BCUT2D eigenvalue weighted by molar-refractivity contribution is 5.93. The number of ether oxygens (including phenoxy) is 1. The molecule has 0 aromatic heterocycles. The van der Waals surface area contributed by atoms with Crippen molar-refractivity contribution in [1.82, 2.24) is 9.80 Å². The number of hydrogen-bond donors (Lipinski definition) is 1. The Morgan fingerprint density at radius 1 is 0.913 bits per heavy atom. The Morgan fingerprint density at radius 2 is 1.57 bits per heavy atom. The topological polar surface area (TPSA) is 76.6 Å². The van der Waals surface area contributed by atoms with Crippen LogP contribution in [-0.2, 0) is 21.5 Å². The van der Waals surface area contributed by atoms with Gasteiger partial charge in [0.05, 0.1) is 12.2 Å². The van der Waals surface area contributed by atoms with Gasteiger partial charge in [0.2, 0.25) is 5.91 Å². The number of likely N-dealkylation sites (tertiary alicyclic amines) is 1. The van der Waals surface area contributed by atoms with Crippen LogP contribution in [0.4, 0.5) is 11.4 Å². The van der Waals surface area contributed by atoms with Crippen LogP contribution < -0.4 is 9.80 Å². The van der Waals surface area contributed by atoms with Gasteiger partial charge in [-0.05, 0) is 88.0 Å². The molecule has 3 aromatic carbocycles. The molecular formula is C38H48N4O4. The average molecular weight is 625 g/mol. The Bertz CT molecular complexity index is 1540. The number of fused-ring (bicyclic) bond motifs is 1. The number of rotatable bonds is 8. The quantitative estimate of drug-likeness (QED) is 0.318. The number of esters is 1. The van der Waals surface area contributed by atoms with Crippen molar-refractivity contribution in [3.8, 4) is 0 Å². The Kier molecular flexibility index (Phi) is 8.63. The first-order valence-electron chi connectivity index (χ1n) is 16.6. The minimum atomic E-state index is -0.581. The maximum atomic E-state index is 14.3. The largest absolute Gasteiger partial charge is 0.456 e. The number of carbonyl (C=O) groups is 2. The highest BCUT2D eigenvalue weighted by atomic mass is 16.6. The van der Waals surface area contributed by atoms with Crippen LogP contribution in [0, 0.1) is 0 Å². The highest BCUT2D eigenvalue weighted by Crippen LogP contribution is 2.44. The summed E-state index contributed by atoms with van der Waals surface area (Å²) in [5, 5.41) is 11.1. The Balaban J connectivity index is 1.10. The number of hydrogen-bond acceptors (Lipinski definition) is 7. The molecule has 3 aliphatic heterocycles. The smallest absolute Gasteiger partial charge is 0.338 e. The summed E-state index contributed by atoms with van der Waals surface area (Å²) in [5.74, 6) is -0.172. The van der Waals surface area contributed by atoms with Gasteiger partial charge in [-0.1, -0.05) is 62.4 Å². The number of aliphatic hydroxyl groups excluding tert-OH is 1. The van der Waals surface area contributed by atoms with Gasteiger partial charge in [-0.2, -0.15) is 0 Å². The van der Waals surface area contributed by atoms with Crippen molar-refractivity contribution in [3.63, 3.8) is 0 Å². The maximum Gasteiger partial charge on any atom is 0.338 e. The van der Waals surface area contributed by atoms with Crippen LogP contribution in [-0.4, -0.2) is 77.0 Å². The van der Waals surface area contributed by atoms with E-state index < -0.39 is 17.4 Å². The summed E-state index contributed by atoms with van der Waals surface area (Å²) < 4.78 is 5.51. The van der Waals surface area contributed by atoms with Gasteiger partial charge in [0.1, 0.15) is 17.4 Å². The zero-order valence-electron chi connectivity index (χ0n) is 27.9. The standard InChI is InChI=1S/C38H48N4O4/c1-36(2,3)46-33(43)29-18-16-28(17-19-29)26-40-27-42(30-12-7-6-8-13-30)38(35(40)45)20-24-39(25-21-38)22-11-23-41-32-15-10-9-14-31(32)37(4,5)34(41)44/h6-10,12-19,34,44H,11,20-27H2,1-5H3. The van der Waals surface area contributed by atoms with Crippen molar-refractivity contribution >= 4 is 23.3 Å². The molecule has 3 aliphatic rings. The molecule has 8 heteroatoms. The minimum Gasteiger partial charge on any atom is -0.456 e. The fourth-order valence-corrected chi connectivity index (χ4v) is 7.41. The number of benzene rings is 3. The molecule has 1 amide bonds. The second kappa shape index (κ2) is 12.4. The van der Waals surface area contributed by atoms with Crippen molar-refractivity contribution in [2.45, 2.75) is 83.2 Å². The molecule has 0 radical (unpaired) electrons. The molecule has 1 spiro atoms. The van der Waals surface area contributed by atoms with E-state index in [1.54, 1.807) is 12.1 Å². The van der Waals surface area contributed by atoms with Gasteiger partial charge in [0, 0.05) is 43.0 Å². The van der Waals surface area contributed by atoms with Crippen LogP contribution in [0.2, 0.25) is 0 Å². The molecule has 46 heavy (non-hydrogen) atoms. The van der Waals surface area contributed by atoms with Crippen LogP contribution in [0.15, 0.2) is 78.9 Å². The molecule has 0 aliphatic carbocycles. The Morgan fingerprint density at radius 3 is 2.24 bits per heavy atom. The van der Waals surface area contributed by atoms with Gasteiger partial charge in [-0.15, -0.1) is 0 Å². The van der Waals surface area contributed by atoms with E-state index in [1.807, 2.05) is 68.1 Å². The lowest BCUT2D eigenvalue weighted by Crippen LogP contribution is -2.56. The molecule has 2 saturated heterocycles. The number of nitrogens with zero attached hydrogens (tertiary/aromatic N) is 4. The van der Waals surface area contributed by atoms with E-state index in [0.717, 1.165) is 62.4 Å². The van der Waals surface area contributed by atoms with Gasteiger partial charge in [0.15, 0.2) is 0 Å². The molecule has 2 fully saturated rings. The summed E-state index contributed by atoms with van der Waals surface area (Å²) >= 11 is 0. The van der Waals surface area contributed by atoms with Crippen molar-refractivity contribution in [3.05, 3.63) is 95.6 Å². The van der Waals surface area contributed by atoms with Gasteiger partial charge in [-0.25, -0.2) is 4.79 Å². The third kappa shape index (κ3) is 6.13. The summed E-state index contributed by atoms with van der Waals surface area (Å²) in [6.45, 7) is 14.2. The van der Waals surface area contributed by atoms with E-state index in [9.17, 15) is 14.7 Å². The molecule has 0 saturated carbocycles. The van der Waals surface area contributed by atoms with Crippen molar-refractivity contribution in [2.24, 2.45) is 0 Å². The van der Waals surface area contributed by atoms with E-state index in [0.29, 0.717) is 18.8 Å². The minimum absolute atomic E-state index is 0.172. The number of anilines is 2. The lowest BCUT2D eigenvalue weighted by Gasteiger charge is -2.43. The summed E-state index contributed by atoms with van der Waals surface area (Å²) in [4.78, 5) is 35.7. The molecule has 244 valence electrons. The molecule has 6 rings (SSSR count). The molecule has 8 nitrogen and oxygen atoms in total. The predicted molar refractivity (Wildman–Crippen MR) is 182 cm³/mol. The van der Waals surface area contributed by atoms with Crippen LogP contribution >= 0.6 is 0 Å². The molecule has 0 bridgehead atoms. The van der Waals surface area contributed by atoms with E-state index in [2.05, 4.69) is 52.8 Å². The van der Waals surface area contributed by atoms with Crippen LogP contribution in [0.25, 0.3) is 0 Å². The molecular weight excluding hydrogens is 576 g/mol. The van der Waals surface area contributed by atoms with Crippen molar-refractivity contribution in [1.29, 1.82) is 0 Å². The Hall–Kier alpha value is -3.88. The van der Waals surface area contributed by atoms with Crippen molar-refractivity contribution < 1.29 is 19.4 Å². The average Bonchev–Trinajstić information content (AvgIpc) is 3.40. The lowest BCUT2D eigenvalue weighted by atomic mass is 9.85. The van der Waals surface area contributed by atoms with Gasteiger partial charge < -0.3 is 29.4 Å². The number of amides is 1. The number of carbonyl (C=O) groups excluding carboxylic acids is 2. The van der Waals surface area contributed by atoms with E-state index in [1.165, 1.54) is 5.56 Å². The summed E-state index contributed by atoms with van der Waals surface area (Å²) in [7, 11) is 0. The van der Waals surface area contributed by atoms with Crippen LogP contribution in [0.5, 0.6) is 0 Å². The predicted octanol–water partition coefficient (Wildman–Crippen LogP) is 5.79. The highest BCUT2D eigenvalue weighted by Gasteiger charge is 2.53. The molecule has 1 unspecified atom stereocenters. The second-order valence-electron chi connectivity index (χ2n) is 14.6. The zero-order chi connectivity index (χ0) is 32.7. The maximum absolute atomic E-state index is 14.3. The fraction of sp³-hybridized carbons (Fsp3) is 0.474. The van der Waals surface area contributed by atoms with Crippen LogP contribution in [0.3, 0.4) is 0 Å². The van der Waals surface area contributed by atoms with Gasteiger partial charge in [-0.3, -0.25) is 4.79 Å². The lowest BCUT2D eigenvalue weighted by molar-refractivity contribution is -0.134. The first-order valence-corrected chi connectivity index (χ1v) is 16.6. The first-order chi connectivity index (χ1) is 21.9.